The molecule has 1 aromatic rings. The van der Waals surface area contributed by atoms with E-state index in [0.29, 0.717) is 23.0 Å². The Morgan fingerprint density at radius 3 is 2.74 bits per heavy atom. The lowest BCUT2D eigenvalue weighted by atomic mass is 10.0. The molecule has 102 valence electrons. The third-order valence-electron chi connectivity index (χ3n) is 3.75. The van der Waals surface area contributed by atoms with E-state index in [1.165, 1.54) is 18.9 Å². The summed E-state index contributed by atoms with van der Waals surface area (Å²) in [5.41, 5.74) is 1.12. The first-order valence-electron chi connectivity index (χ1n) is 6.58. The van der Waals surface area contributed by atoms with E-state index in [-0.39, 0.29) is 5.69 Å². The van der Waals surface area contributed by atoms with E-state index in [1.54, 1.807) is 12.1 Å². The van der Waals surface area contributed by atoms with Crippen molar-refractivity contribution in [3.05, 3.63) is 33.9 Å². The molecule has 0 spiro atoms. The molecule has 0 atom stereocenters. The number of benzene rings is 1. The zero-order valence-electron chi connectivity index (χ0n) is 11.0. The van der Waals surface area contributed by atoms with Gasteiger partial charge in [0.2, 0.25) is 0 Å². The van der Waals surface area contributed by atoms with Crippen molar-refractivity contribution >= 4 is 17.7 Å². The third-order valence-corrected chi connectivity index (χ3v) is 3.75. The van der Waals surface area contributed by atoms with Crippen LogP contribution in [0.1, 0.15) is 43.0 Å². The molecule has 5 nitrogen and oxygen atoms in total. The van der Waals surface area contributed by atoms with Crippen molar-refractivity contribution in [1.82, 2.24) is 0 Å². The lowest BCUT2D eigenvalue weighted by molar-refractivity contribution is -0.384. The van der Waals surface area contributed by atoms with E-state index in [1.807, 2.05) is 0 Å². The molecule has 5 heteroatoms. The molecule has 0 heterocycles. The van der Waals surface area contributed by atoms with Crippen molar-refractivity contribution in [2.45, 2.75) is 32.6 Å². The Morgan fingerprint density at radius 2 is 2.21 bits per heavy atom. The Balaban J connectivity index is 2.11. The Kier molecular flexibility index (Phi) is 3.83. The zero-order chi connectivity index (χ0) is 13.9. The number of hydrogen-bond acceptors (Lipinski definition) is 4. The topological polar surface area (TPSA) is 72.2 Å². The quantitative estimate of drug-likeness (QED) is 0.464. The lowest BCUT2D eigenvalue weighted by Gasteiger charge is -2.15. The summed E-state index contributed by atoms with van der Waals surface area (Å²) < 4.78 is 0. The van der Waals surface area contributed by atoms with Gasteiger partial charge in [-0.05, 0) is 36.8 Å². The minimum atomic E-state index is -0.450. The second-order valence-corrected chi connectivity index (χ2v) is 5.26. The molecule has 1 aliphatic carbocycles. The van der Waals surface area contributed by atoms with Crippen LogP contribution in [-0.4, -0.2) is 17.8 Å². The molecule has 0 aromatic heterocycles. The Labute approximate surface area is 112 Å². The SMILES string of the molecule is CCCC1(CNc2ccc(C=O)cc2[N+](=O)[O-])CC1. The van der Waals surface area contributed by atoms with Crippen LogP contribution in [0, 0.1) is 15.5 Å². The second-order valence-electron chi connectivity index (χ2n) is 5.26. The highest BCUT2D eigenvalue weighted by Gasteiger charge is 2.41. The summed E-state index contributed by atoms with van der Waals surface area (Å²) in [7, 11) is 0. The van der Waals surface area contributed by atoms with Gasteiger partial charge in [-0.2, -0.15) is 0 Å². The van der Waals surface area contributed by atoms with E-state index in [2.05, 4.69) is 12.2 Å². The molecule has 0 aliphatic heterocycles. The second kappa shape index (κ2) is 5.38. The number of nitrogens with zero attached hydrogens (tertiary/aromatic N) is 1. The normalized spacial score (nSPS) is 15.8. The summed E-state index contributed by atoms with van der Waals surface area (Å²) in [6, 6.07) is 4.53. The highest BCUT2D eigenvalue weighted by atomic mass is 16.6. The molecule has 1 saturated carbocycles. The largest absolute Gasteiger partial charge is 0.379 e. The van der Waals surface area contributed by atoms with Gasteiger partial charge >= 0.3 is 0 Å². The van der Waals surface area contributed by atoms with Gasteiger partial charge in [-0.3, -0.25) is 14.9 Å². The number of carbonyl (C=O) groups is 1. The fraction of sp³-hybridized carbons (Fsp3) is 0.500. The highest BCUT2D eigenvalue weighted by molar-refractivity contribution is 5.79. The van der Waals surface area contributed by atoms with E-state index >= 15 is 0 Å². The van der Waals surface area contributed by atoms with Gasteiger partial charge in [-0.15, -0.1) is 0 Å². The molecule has 19 heavy (non-hydrogen) atoms. The van der Waals surface area contributed by atoms with Crippen LogP contribution in [0.15, 0.2) is 18.2 Å². The van der Waals surface area contributed by atoms with Crippen molar-refractivity contribution in [3.8, 4) is 0 Å². The van der Waals surface area contributed by atoms with Crippen molar-refractivity contribution in [3.63, 3.8) is 0 Å². The van der Waals surface area contributed by atoms with Gasteiger partial charge in [0.05, 0.1) is 4.92 Å². The van der Waals surface area contributed by atoms with E-state index in [0.717, 1.165) is 19.4 Å². The Morgan fingerprint density at radius 1 is 1.47 bits per heavy atom. The summed E-state index contributed by atoms with van der Waals surface area (Å²) in [5, 5.41) is 14.2. The Bertz CT molecular complexity index is 495. The fourth-order valence-corrected chi connectivity index (χ4v) is 2.43. The summed E-state index contributed by atoms with van der Waals surface area (Å²) in [6.45, 7) is 2.92. The maximum atomic E-state index is 11.0. The summed E-state index contributed by atoms with van der Waals surface area (Å²) in [4.78, 5) is 21.2. The van der Waals surface area contributed by atoms with Gasteiger partial charge in [-0.1, -0.05) is 13.3 Å². The smallest absolute Gasteiger partial charge is 0.293 e. The van der Waals surface area contributed by atoms with E-state index in [4.69, 9.17) is 0 Å². The number of rotatable bonds is 7. The van der Waals surface area contributed by atoms with Crippen molar-refractivity contribution in [1.29, 1.82) is 0 Å². The molecule has 2 rings (SSSR count). The van der Waals surface area contributed by atoms with Crippen LogP contribution < -0.4 is 5.32 Å². The van der Waals surface area contributed by atoms with E-state index in [9.17, 15) is 14.9 Å². The van der Waals surface area contributed by atoms with Crippen LogP contribution >= 0.6 is 0 Å². The first-order valence-corrected chi connectivity index (χ1v) is 6.58. The fourth-order valence-electron chi connectivity index (χ4n) is 2.43. The number of nitro benzene ring substituents is 1. The molecule has 1 fully saturated rings. The van der Waals surface area contributed by atoms with Gasteiger partial charge in [0.1, 0.15) is 12.0 Å². The predicted octanol–water partition coefficient (Wildman–Crippen LogP) is 3.40. The van der Waals surface area contributed by atoms with Gasteiger partial charge in [0.15, 0.2) is 0 Å². The van der Waals surface area contributed by atoms with Crippen LogP contribution in [0.2, 0.25) is 0 Å². The summed E-state index contributed by atoms with van der Waals surface area (Å²) in [6.07, 6.45) is 5.28. The van der Waals surface area contributed by atoms with Crippen molar-refractivity contribution in [2.75, 3.05) is 11.9 Å². The first-order chi connectivity index (χ1) is 9.10. The Hall–Kier alpha value is -1.91. The minimum Gasteiger partial charge on any atom is -0.379 e. The van der Waals surface area contributed by atoms with Gasteiger partial charge in [0, 0.05) is 18.2 Å². The number of anilines is 1. The maximum Gasteiger partial charge on any atom is 0.293 e. The predicted molar refractivity (Wildman–Crippen MR) is 73.5 cm³/mol. The molecule has 1 aliphatic rings. The monoisotopic (exact) mass is 262 g/mol. The summed E-state index contributed by atoms with van der Waals surface area (Å²) in [5.74, 6) is 0. The van der Waals surface area contributed by atoms with Crippen LogP contribution in [0.5, 0.6) is 0 Å². The van der Waals surface area contributed by atoms with Crippen LogP contribution in [-0.2, 0) is 0 Å². The van der Waals surface area contributed by atoms with Crippen molar-refractivity contribution in [2.24, 2.45) is 5.41 Å². The molecular formula is C14H18N2O3. The number of nitrogens with one attached hydrogen (secondary N) is 1. The van der Waals surface area contributed by atoms with Gasteiger partial charge in [-0.25, -0.2) is 0 Å². The molecule has 0 unspecified atom stereocenters. The molecular weight excluding hydrogens is 244 g/mol. The number of carbonyl (C=O) groups excluding carboxylic acids is 1. The molecule has 1 N–H and O–H groups in total. The van der Waals surface area contributed by atoms with E-state index < -0.39 is 4.92 Å². The molecule has 1 aromatic carbocycles. The number of hydrogen-bond donors (Lipinski definition) is 1. The molecule has 0 bridgehead atoms. The lowest BCUT2D eigenvalue weighted by Crippen LogP contribution is -2.16. The summed E-state index contributed by atoms with van der Waals surface area (Å²) >= 11 is 0. The molecule has 0 amide bonds. The minimum absolute atomic E-state index is 0.0306. The van der Waals surface area contributed by atoms with Crippen molar-refractivity contribution < 1.29 is 9.72 Å². The van der Waals surface area contributed by atoms with Crippen LogP contribution in [0.25, 0.3) is 0 Å². The highest BCUT2D eigenvalue weighted by Crippen LogP contribution is 2.49. The van der Waals surface area contributed by atoms with Crippen LogP contribution in [0.3, 0.4) is 0 Å². The average Bonchev–Trinajstić information content (AvgIpc) is 3.17. The average molecular weight is 262 g/mol. The molecule has 0 radical (unpaired) electrons. The number of aldehydes is 1. The van der Waals surface area contributed by atoms with Gasteiger partial charge in [0.25, 0.3) is 5.69 Å². The van der Waals surface area contributed by atoms with Gasteiger partial charge < -0.3 is 5.32 Å². The third kappa shape index (κ3) is 3.10. The van der Waals surface area contributed by atoms with Crippen LogP contribution in [0.4, 0.5) is 11.4 Å². The zero-order valence-corrected chi connectivity index (χ0v) is 11.0. The standard InChI is InChI=1S/C14H18N2O3/c1-2-5-14(6-7-14)10-15-12-4-3-11(9-17)8-13(12)16(18)19/h3-4,8-9,15H,2,5-7,10H2,1H3. The molecule has 0 saturated heterocycles. The maximum absolute atomic E-state index is 11.0. The number of nitro groups is 1. The first kappa shape index (κ1) is 13.5.